The molecule has 1 aliphatic carbocycles. The molecule has 4 nitrogen and oxygen atoms in total. The van der Waals surface area contributed by atoms with Gasteiger partial charge in [0.15, 0.2) is 0 Å². The van der Waals surface area contributed by atoms with Gasteiger partial charge in [0.05, 0.1) is 25.0 Å². The summed E-state index contributed by atoms with van der Waals surface area (Å²) >= 11 is 0. The average molecular weight is 403 g/mol. The summed E-state index contributed by atoms with van der Waals surface area (Å²) in [7, 11) is 0. The zero-order valence-corrected chi connectivity index (χ0v) is 18.1. The largest absolute Gasteiger partial charge is 0.465 e. The number of benzene rings is 1. The molecule has 0 aromatic heterocycles. The molecule has 1 aromatic carbocycles. The lowest BCUT2D eigenvalue weighted by atomic mass is 9.79. The second-order valence-corrected chi connectivity index (χ2v) is 8.19. The van der Waals surface area contributed by atoms with Crippen molar-refractivity contribution in [1.82, 2.24) is 0 Å². The molecule has 1 aliphatic rings. The minimum absolute atomic E-state index is 0.204. The second kappa shape index (κ2) is 14.2. The maximum Gasteiger partial charge on any atom is 0.309 e. The molecule has 0 heterocycles. The average Bonchev–Trinajstić information content (AvgIpc) is 2.76. The Balaban J connectivity index is 1.67. The highest BCUT2D eigenvalue weighted by molar-refractivity contribution is 5.82. The van der Waals surface area contributed by atoms with Gasteiger partial charge in [0.25, 0.3) is 0 Å². The molecular weight excluding hydrogens is 364 g/mol. The van der Waals surface area contributed by atoms with Crippen LogP contribution in [0.2, 0.25) is 0 Å². The molecule has 162 valence electrons. The molecule has 1 aromatic rings. The molecule has 0 aliphatic heterocycles. The van der Waals surface area contributed by atoms with Gasteiger partial charge in [-0.1, -0.05) is 82.2 Å². The fraction of sp³-hybridized carbons (Fsp3) is 0.680. The molecule has 1 fully saturated rings. The van der Waals surface area contributed by atoms with E-state index < -0.39 is 0 Å². The number of hydrogen-bond donors (Lipinski definition) is 0. The van der Waals surface area contributed by atoms with E-state index >= 15 is 0 Å². The van der Waals surface area contributed by atoms with E-state index in [0.29, 0.717) is 13.2 Å². The van der Waals surface area contributed by atoms with Gasteiger partial charge in [0.2, 0.25) is 0 Å². The lowest BCUT2D eigenvalue weighted by Crippen LogP contribution is -2.35. The standard InChI is InChI=1S/C25H38O4/c1-2-3-4-5-6-12-19-28-24(26)22-17-10-11-18-23(22)25(27)29-20-13-16-21-14-8-7-9-15-21/h7-9,14-15,22-23H,2-6,10-13,16-20H2,1H3. The van der Waals surface area contributed by atoms with Gasteiger partial charge >= 0.3 is 11.9 Å². The van der Waals surface area contributed by atoms with E-state index in [1.165, 1.54) is 31.2 Å². The first kappa shape index (κ1) is 23.4. The van der Waals surface area contributed by atoms with Crippen LogP contribution in [0.3, 0.4) is 0 Å². The van der Waals surface area contributed by atoms with Crippen molar-refractivity contribution in [1.29, 1.82) is 0 Å². The maximum atomic E-state index is 12.6. The molecule has 2 rings (SSSR count). The first-order valence-corrected chi connectivity index (χ1v) is 11.6. The molecule has 2 unspecified atom stereocenters. The summed E-state index contributed by atoms with van der Waals surface area (Å²) < 4.78 is 11.0. The van der Waals surface area contributed by atoms with Gasteiger partial charge in [-0.25, -0.2) is 0 Å². The molecule has 2 atom stereocenters. The summed E-state index contributed by atoms with van der Waals surface area (Å²) in [5, 5.41) is 0. The van der Waals surface area contributed by atoms with Crippen molar-refractivity contribution in [2.45, 2.75) is 84.0 Å². The van der Waals surface area contributed by atoms with Gasteiger partial charge in [0, 0.05) is 0 Å². The third-order valence-electron chi connectivity index (χ3n) is 5.81. The number of esters is 2. The Morgan fingerprint density at radius 2 is 1.34 bits per heavy atom. The van der Waals surface area contributed by atoms with Crippen LogP contribution >= 0.6 is 0 Å². The van der Waals surface area contributed by atoms with Crippen LogP contribution in [0.25, 0.3) is 0 Å². The van der Waals surface area contributed by atoms with Gasteiger partial charge in [0.1, 0.15) is 0 Å². The number of unbranched alkanes of at least 4 members (excludes halogenated alkanes) is 5. The smallest absolute Gasteiger partial charge is 0.309 e. The number of ether oxygens (including phenoxy) is 2. The molecule has 0 spiro atoms. The summed E-state index contributed by atoms with van der Waals surface area (Å²) in [4.78, 5) is 25.1. The Labute approximate surface area is 176 Å². The van der Waals surface area contributed by atoms with Gasteiger partial charge < -0.3 is 9.47 Å². The van der Waals surface area contributed by atoms with Crippen molar-refractivity contribution in [2.24, 2.45) is 11.8 Å². The van der Waals surface area contributed by atoms with Crippen molar-refractivity contribution in [3.63, 3.8) is 0 Å². The van der Waals surface area contributed by atoms with Crippen LogP contribution < -0.4 is 0 Å². The summed E-state index contributed by atoms with van der Waals surface area (Å²) in [6.45, 7) is 3.08. The topological polar surface area (TPSA) is 52.6 Å². The second-order valence-electron chi connectivity index (χ2n) is 8.19. The first-order valence-electron chi connectivity index (χ1n) is 11.6. The predicted octanol–water partition coefficient (Wildman–Crippen LogP) is 5.87. The lowest BCUT2D eigenvalue weighted by molar-refractivity contribution is -0.163. The van der Waals surface area contributed by atoms with Crippen LogP contribution in [0.15, 0.2) is 30.3 Å². The van der Waals surface area contributed by atoms with Gasteiger partial charge in [-0.15, -0.1) is 0 Å². The van der Waals surface area contributed by atoms with E-state index in [0.717, 1.165) is 51.4 Å². The molecule has 0 radical (unpaired) electrons. The van der Waals surface area contributed by atoms with Crippen molar-refractivity contribution in [2.75, 3.05) is 13.2 Å². The first-order chi connectivity index (χ1) is 14.2. The van der Waals surface area contributed by atoms with E-state index in [4.69, 9.17) is 9.47 Å². The van der Waals surface area contributed by atoms with Crippen LogP contribution in [0.5, 0.6) is 0 Å². The van der Waals surface area contributed by atoms with Crippen molar-refractivity contribution in [3.8, 4) is 0 Å². The zero-order valence-electron chi connectivity index (χ0n) is 18.1. The van der Waals surface area contributed by atoms with Crippen LogP contribution in [0.4, 0.5) is 0 Å². The fourth-order valence-electron chi connectivity index (χ4n) is 4.06. The number of aryl methyl sites for hydroxylation is 1. The predicted molar refractivity (Wildman–Crippen MR) is 116 cm³/mol. The number of rotatable bonds is 13. The van der Waals surface area contributed by atoms with Crippen molar-refractivity contribution >= 4 is 11.9 Å². The van der Waals surface area contributed by atoms with Gasteiger partial charge in [-0.2, -0.15) is 0 Å². The minimum atomic E-state index is -0.336. The number of carbonyl (C=O) groups excluding carboxylic acids is 2. The van der Waals surface area contributed by atoms with E-state index in [2.05, 4.69) is 19.1 Å². The third-order valence-corrected chi connectivity index (χ3v) is 5.81. The highest BCUT2D eigenvalue weighted by Crippen LogP contribution is 2.32. The molecule has 29 heavy (non-hydrogen) atoms. The maximum absolute atomic E-state index is 12.6. The third kappa shape index (κ3) is 9.01. The van der Waals surface area contributed by atoms with Crippen molar-refractivity contribution < 1.29 is 19.1 Å². The van der Waals surface area contributed by atoms with E-state index in [-0.39, 0.29) is 23.8 Å². The summed E-state index contributed by atoms with van der Waals surface area (Å²) in [6.07, 6.45) is 12.1. The monoisotopic (exact) mass is 402 g/mol. The van der Waals surface area contributed by atoms with Crippen LogP contribution in [-0.4, -0.2) is 25.2 Å². The summed E-state index contributed by atoms with van der Waals surface area (Å²) in [5.74, 6) is -1.09. The van der Waals surface area contributed by atoms with E-state index in [1.54, 1.807) is 0 Å². The molecule has 0 amide bonds. The van der Waals surface area contributed by atoms with E-state index in [9.17, 15) is 9.59 Å². The van der Waals surface area contributed by atoms with Crippen molar-refractivity contribution in [3.05, 3.63) is 35.9 Å². The van der Waals surface area contributed by atoms with E-state index in [1.807, 2.05) is 18.2 Å². The van der Waals surface area contributed by atoms with Crippen LogP contribution in [-0.2, 0) is 25.5 Å². The Hall–Kier alpha value is -1.84. The highest BCUT2D eigenvalue weighted by Gasteiger charge is 2.37. The Kier molecular flexibility index (Phi) is 11.5. The Morgan fingerprint density at radius 1 is 0.793 bits per heavy atom. The summed E-state index contributed by atoms with van der Waals surface area (Å²) in [6, 6.07) is 10.2. The SMILES string of the molecule is CCCCCCCCOC(=O)C1CCCCC1C(=O)OCCCc1ccccc1. The Morgan fingerprint density at radius 3 is 1.97 bits per heavy atom. The van der Waals surface area contributed by atoms with Crippen LogP contribution in [0, 0.1) is 11.8 Å². The molecule has 0 N–H and O–H groups in total. The molecule has 1 saturated carbocycles. The zero-order chi connectivity index (χ0) is 20.7. The minimum Gasteiger partial charge on any atom is -0.465 e. The lowest BCUT2D eigenvalue weighted by Gasteiger charge is -2.28. The molecule has 4 heteroatoms. The molecule has 0 saturated heterocycles. The van der Waals surface area contributed by atoms with Crippen LogP contribution in [0.1, 0.15) is 83.1 Å². The van der Waals surface area contributed by atoms with Gasteiger partial charge in [-0.3, -0.25) is 9.59 Å². The fourth-order valence-corrected chi connectivity index (χ4v) is 4.06. The number of hydrogen-bond acceptors (Lipinski definition) is 4. The Bertz CT molecular complexity index is 584. The van der Waals surface area contributed by atoms with Gasteiger partial charge in [-0.05, 0) is 37.7 Å². The molecular formula is C25H38O4. The normalized spacial score (nSPS) is 18.9. The summed E-state index contributed by atoms with van der Waals surface area (Å²) in [5.41, 5.74) is 1.25. The number of carbonyl (C=O) groups is 2. The molecule has 0 bridgehead atoms. The highest BCUT2D eigenvalue weighted by atomic mass is 16.5. The quantitative estimate of drug-likeness (QED) is 0.306.